The third-order valence-corrected chi connectivity index (χ3v) is 3.00. The average Bonchev–Trinajstić information content (AvgIpc) is 3.01. The van der Waals surface area contributed by atoms with Gasteiger partial charge in [-0.05, 0) is 46.6 Å². The Kier molecular flexibility index (Phi) is 3.97. The third kappa shape index (κ3) is 2.95. The van der Waals surface area contributed by atoms with E-state index in [9.17, 15) is 4.79 Å². The van der Waals surface area contributed by atoms with Crippen molar-refractivity contribution < 1.29 is 14.3 Å². The molecule has 0 saturated heterocycles. The number of carbonyl (C=O) groups is 1. The summed E-state index contributed by atoms with van der Waals surface area (Å²) in [6, 6.07) is 0. The van der Waals surface area contributed by atoms with E-state index in [0.29, 0.717) is 12.5 Å². The molecule has 1 aliphatic rings. The number of nitrogens with one attached hydrogen (secondary N) is 1. The van der Waals surface area contributed by atoms with Gasteiger partial charge in [0.05, 0.1) is 19.3 Å². The second-order valence-corrected chi connectivity index (χ2v) is 5.39. The molecule has 0 aromatic rings. The van der Waals surface area contributed by atoms with Gasteiger partial charge in [-0.2, -0.15) is 0 Å². The predicted octanol–water partition coefficient (Wildman–Crippen LogP) is 1.34. The van der Waals surface area contributed by atoms with E-state index in [2.05, 4.69) is 5.32 Å². The Morgan fingerprint density at radius 2 is 1.94 bits per heavy atom. The summed E-state index contributed by atoms with van der Waals surface area (Å²) in [4.78, 5) is 11.9. The molecule has 0 aromatic carbocycles. The van der Waals surface area contributed by atoms with Crippen molar-refractivity contribution in [3.05, 3.63) is 0 Å². The molecule has 1 N–H and O–H groups in total. The summed E-state index contributed by atoms with van der Waals surface area (Å²) in [7, 11) is 3.22. The highest BCUT2D eigenvalue weighted by Crippen LogP contribution is 2.41. The molecular weight excluding hydrogens is 206 g/mol. The fraction of sp³-hybridized carbons (Fsp3) is 0.917. The number of rotatable bonds is 5. The SMILES string of the molecule is CNC(COC(C)(C)C)(C(=O)OC)C1CC1. The Labute approximate surface area is 97.7 Å². The van der Waals surface area contributed by atoms with E-state index in [0.717, 1.165) is 12.8 Å². The molecule has 0 heterocycles. The van der Waals surface area contributed by atoms with Gasteiger partial charge in [0.15, 0.2) is 0 Å². The van der Waals surface area contributed by atoms with Crippen LogP contribution in [0.5, 0.6) is 0 Å². The molecule has 94 valence electrons. The highest BCUT2D eigenvalue weighted by molar-refractivity contribution is 5.82. The monoisotopic (exact) mass is 229 g/mol. The zero-order chi connectivity index (χ0) is 12.4. The lowest BCUT2D eigenvalue weighted by Crippen LogP contribution is -2.57. The van der Waals surface area contributed by atoms with Gasteiger partial charge in [-0.1, -0.05) is 0 Å². The van der Waals surface area contributed by atoms with Crippen LogP contribution in [-0.4, -0.2) is 37.9 Å². The summed E-state index contributed by atoms with van der Waals surface area (Å²) in [6.45, 7) is 6.32. The molecule has 0 spiro atoms. The molecule has 1 atom stereocenters. The molecule has 1 unspecified atom stereocenters. The summed E-state index contributed by atoms with van der Waals surface area (Å²) >= 11 is 0. The van der Waals surface area contributed by atoms with Gasteiger partial charge in [0.2, 0.25) is 0 Å². The Morgan fingerprint density at radius 3 is 2.25 bits per heavy atom. The van der Waals surface area contributed by atoms with Crippen LogP contribution in [-0.2, 0) is 14.3 Å². The molecule has 1 aliphatic carbocycles. The van der Waals surface area contributed by atoms with Gasteiger partial charge in [-0.3, -0.25) is 0 Å². The summed E-state index contributed by atoms with van der Waals surface area (Å²) in [5.41, 5.74) is -0.910. The molecule has 4 heteroatoms. The van der Waals surface area contributed by atoms with Crippen LogP contribution >= 0.6 is 0 Å². The number of hydrogen-bond acceptors (Lipinski definition) is 4. The molecule has 0 aromatic heterocycles. The maximum Gasteiger partial charge on any atom is 0.328 e. The van der Waals surface area contributed by atoms with Gasteiger partial charge < -0.3 is 14.8 Å². The lowest BCUT2D eigenvalue weighted by atomic mass is 9.94. The van der Waals surface area contributed by atoms with E-state index in [4.69, 9.17) is 9.47 Å². The van der Waals surface area contributed by atoms with Crippen molar-refractivity contribution in [3.8, 4) is 0 Å². The zero-order valence-electron chi connectivity index (χ0n) is 10.9. The molecule has 0 amide bonds. The van der Waals surface area contributed by atoms with Gasteiger partial charge in [-0.25, -0.2) is 4.79 Å². The van der Waals surface area contributed by atoms with Crippen molar-refractivity contribution in [3.63, 3.8) is 0 Å². The topological polar surface area (TPSA) is 47.6 Å². The summed E-state index contributed by atoms with van der Waals surface area (Å²) in [6.07, 6.45) is 2.12. The van der Waals surface area contributed by atoms with Gasteiger partial charge in [0.1, 0.15) is 5.54 Å². The summed E-state index contributed by atoms with van der Waals surface area (Å²) < 4.78 is 10.6. The van der Waals surface area contributed by atoms with Crippen LogP contribution in [0.1, 0.15) is 33.6 Å². The Morgan fingerprint density at radius 1 is 1.38 bits per heavy atom. The quantitative estimate of drug-likeness (QED) is 0.723. The highest BCUT2D eigenvalue weighted by atomic mass is 16.5. The predicted molar refractivity (Wildman–Crippen MR) is 62.2 cm³/mol. The first-order chi connectivity index (χ1) is 7.35. The van der Waals surface area contributed by atoms with Crippen molar-refractivity contribution in [2.45, 2.75) is 44.8 Å². The highest BCUT2D eigenvalue weighted by Gasteiger charge is 2.51. The van der Waals surface area contributed by atoms with Crippen LogP contribution in [0.15, 0.2) is 0 Å². The molecule has 16 heavy (non-hydrogen) atoms. The first-order valence-electron chi connectivity index (χ1n) is 5.77. The van der Waals surface area contributed by atoms with Crippen molar-refractivity contribution in [2.75, 3.05) is 20.8 Å². The molecule has 1 fully saturated rings. The van der Waals surface area contributed by atoms with Gasteiger partial charge in [0, 0.05) is 0 Å². The standard InChI is InChI=1S/C12H23NO3/c1-11(2,3)16-8-12(13-4,9-6-7-9)10(14)15-5/h9,13H,6-8H2,1-5H3. The molecule has 1 rings (SSSR count). The molecule has 4 nitrogen and oxygen atoms in total. The Hall–Kier alpha value is -0.610. The van der Waals surface area contributed by atoms with E-state index in [1.807, 2.05) is 20.8 Å². The van der Waals surface area contributed by atoms with E-state index in [-0.39, 0.29) is 11.6 Å². The first kappa shape index (κ1) is 13.5. The summed E-state index contributed by atoms with van der Waals surface area (Å²) in [5, 5.41) is 3.10. The number of carbonyl (C=O) groups excluding carboxylic acids is 1. The smallest absolute Gasteiger partial charge is 0.328 e. The van der Waals surface area contributed by atoms with Gasteiger partial charge in [-0.15, -0.1) is 0 Å². The van der Waals surface area contributed by atoms with Gasteiger partial charge in [0.25, 0.3) is 0 Å². The van der Waals surface area contributed by atoms with Crippen LogP contribution in [0, 0.1) is 5.92 Å². The first-order valence-corrected chi connectivity index (χ1v) is 5.77. The molecule has 1 saturated carbocycles. The van der Waals surface area contributed by atoms with Crippen LogP contribution in [0.3, 0.4) is 0 Å². The Bertz CT molecular complexity index is 255. The minimum atomic E-state index is -0.665. The molecule has 0 aliphatic heterocycles. The number of likely N-dealkylation sites (N-methyl/N-ethyl adjacent to an activating group) is 1. The molecule has 0 bridgehead atoms. The molecular formula is C12H23NO3. The number of hydrogen-bond donors (Lipinski definition) is 1. The van der Waals surface area contributed by atoms with Crippen molar-refractivity contribution in [2.24, 2.45) is 5.92 Å². The average molecular weight is 229 g/mol. The van der Waals surface area contributed by atoms with Crippen molar-refractivity contribution in [1.29, 1.82) is 0 Å². The van der Waals surface area contributed by atoms with Crippen LogP contribution < -0.4 is 5.32 Å². The maximum atomic E-state index is 11.9. The maximum absolute atomic E-state index is 11.9. The second-order valence-electron chi connectivity index (χ2n) is 5.39. The lowest BCUT2D eigenvalue weighted by molar-refractivity contribution is -0.155. The lowest BCUT2D eigenvalue weighted by Gasteiger charge is -2.33. The number of methoxy groups -OCH3 is 1. The molecule has 0 radical (unpaired) electrons. The van der Waals surface area contributed by atoms with E-state index >= 15 is 0 Å². The van der Waals surface area contributed by atoms with E-state index < -0.39 is 5.54 Å². The summed E-state index contributed by atoms with van der Waals surface area (Å²) in [5.74, 6) is 0.119. The third-order valence-electron chi connectivity index (χ3n) is 3.00. The fourth-order valence-corrected chi connectivity index (χ4v) is 1.81. The number of esters is 1. The van der Waals surface area contributed by atoms with Crippen molar-refractivity contribution in [1.82, 2.24) is 5.32 Å². The minimum Gasteiger partial charge on any atom is -0.468 e. The van der Waals surface area contributed by atoms with E-state index in [1.54, 1.807) is 7.05 Å². The van der Waals surface area contributed by atoms with Crippen molar-refractivity contribution >= 4 is 5.97 Å². The minimum absolute atomic E-state index is 0.221. The van der Waals surface area contributed by atoms with Crippen LogP contribution in [0.4, 0.5) is 0 Å². The van der Waals surface area contributed by atoms with Crippen LogP contribution in [0.25, 0.3) is 0 Å². The zero-order valence-corrected chi connectivity index (χ0v) is 10.9. The van der Waals surface area contributed by atoms with Gasteiger partial charge >= 0.3 is 5.97 Å². The fourth-order valence-electron chi connectivity index (χ4n) is 1.81. The Balaban J connectivity index is 2.73. The second kappa shape index (κ2) is 4.72. The van der Waals surface area contributed by atoms with E-state index in [1.165, 1.54) is 7.11 Å². The number of ether oxygens (including phenoxy) is 2. The van der Waals surface area contributed by atoms with Crippen LogP contribution in [0.2, 0.25) is 0 Å². The largest absolute Gasteiger partial charge is 0.468 e. The normalized spacial score (nSPS) is 20.3.